The van der Waals surface area contributed by atoms with E-state index in [2.05, 4.69) is 26.2 Å². The first-order valence-electron chi connectivity index (χ1n) is 8.05. The molecule has 7 heteroatoms. The number of hydrogen-bond donors (Lipinski definition) is 2. The van der Waals surface area contributed by atoms with E-state index in [1.165, 1.54) is 0 Å². The molecule has 0 aliphatic rings. The summed E-state index contributed by atoms with van der Waals surface area (Å²) in [5.74, 6) is 0.741. The molecular weight excluding hydrogens is 414 g/mol. The van der Waals surface area contributed by atoms with E-state index < -0.39 is 0 Å². The van der Waals surface area contributed by atoms with Gasteiger partial charge in [0.1, 0.15) is 5.75 Å². The van der Waals surface area contributed by atoms with Gasteiger partial charge in [0, 0.05) is 30.2 Å². The summed E-state index contributed by atoms with van der Waals surface area (Å²) in [4.78, 5) is 15.2. The van der Waals surface area contributed by atoms with Crippen LogP contribution in [-0.2, 0) is 11.2 Å². The highest BCUT2D eigenvalue weighted by molar-refractivity contribution is 9.10. The van der Waals surface area contributed by atoms with Crippen LogP contribution in [0.25, 0.3) is 5.69 Å². The molecule has 0 aliphatic carbocycles. The second kappa shape index (κ2) is 8.33. The summed E-state index contributed by atoms with van der Waals surface area (Å²) in [6.07, 6.45) is 4.68. The number of nitrogens with one attached hydrogen (secondary N) is 2. The van der Waals surface area contributed by atoms with E-state index in [-0.39, 0.29) is 5.91 Å². The zero-order chi connectivity index (χ0) is 18.5. The molecule has 0 aliphatic heterocycles. The zero-order valence-corrected chi connectivity index (χ0v) is 16.6. The van der Waals surface area contributed by atoms with E-state index >= 15 is 0 Å². The lowest BCUT2D eigenvalue weighted by atomic mass is 10.1. The fourth-order valence-electron chi connectivity index (χ4n) is 2.60. The van der Waals surface area contributed by atoms with Crippen LogP contribution in [0.15, 0.2) is 59.3 Å². The van der Waals surface area contributed by atoms with Crippen molar-refractivity contribution in [2.45, 2.75) is 12.8 Å². The number of carbonyl (C=O) groups excluding carboxylic acids is 1. The van der Waals surface area contributed by atoms with E-state index in [9.17, 15) is 4.79 Å². The highest BCUT2D eigenvalue weighted by Gasteiger charge is 2.07. The topological polar surface area (TPSA) is 59.0 Å². The third-order valence-corrected chi connectivity index (χ3v) is 4.85. The fraction of sp³-hybridized carbons (Fsp3) is 0.158. The zero-order valence-electron chi connectivity index (χ0n) is 14.2. The van der Waals surface area contributed by atoms with Crippen molar-refractivity contribution in [3.8, 4) is 11.4 Å². The quantitative estimate of drug-likeness (QED) is 0.546. The average molecular weight is 432 g/mol. The lowest BCUT2D eigenvalue weighted by Gasteiger charge is -2.09. The van der Waals surface area contributed by atoms with Crippen LogP contribution in [-0.4, -0.2) is 22.6 Å². The van der Waals surface area contributed by atoms with Gasteiger partial charge < -0.3 is 15.0 Å². The number of H-pyrrole nitrogens is 1. The number of anilines is 1. The van der Waals surface area contributed by atoms with Crippen molar-refractivity contribution < 1.29 is 9.53 Å². The number of imidazole rings is 1. The van der Waals surface area contributed by atoms with Crippen molar-refractivity contribution in [1.82, 2.24) is 9.55 Å². The van der Waals surface area contributed by atoms with Gasteiger partial charge >= 0.3 is 0 Å². The Labute approximate surface area is 165 Å². The molecule has 5 nitrogen and oxygen atoms in total. The Balaban J connectivity index is 1.63. The summed E-state index contributed by atoms with van der Waals surface area (Å²) in [7, 11) is 1.63. The van der Waals surface area contributed by atoms with Gasteiger partial charge in [-0.3, -0.25) is 9.36 Å². The highest BCUT2D eigenvalue weighted by atomic mass is 79.9. The Morgan fingerprint density at radius 3 is 2.85 bits per heavy atom. The third-order valence-electron chi connectivity index (χ3n) is 3.91. The molecule has 134 valence electrons. The van der Waals surface area contributed by atoms with E-state index in [0.717, 1.165) is 27.2 Å². The van der Waals surface area contributed by atoms with Gasteiger partial charge in [-0.25, -0.2) is 0 Å². The maximum Gasteiger partial charge on any atom is 0.224 e. The van der Waals surface area contributed by atoms with Crippen molar-refractivity contribution >= 4 is 39.7 Å². The summed E-state index contributed by atoms with van der Waals surface area (Å²) in [5.41, 5.74) is 2.71. The highest BCUT2D eigenvalue weighted by Crippen LogP contribution is 2.26. The van der Waals surface area contributed by atoms with E-state index in [1.807, 2.05) is 53.2 Å². The molecule has 0 atom stereocenters. The number of aryl methyl sites for hydroxylation is 1. The summed E-state index contributed by atoms with van der Waals surface area (Å²) in [6, 6.07) is 13.4. The van der Waals surface area contributed by atoms with E-state index in [1.54, 1.807) is 13.3 Å². The van der Waals surface area contributed by atoms with Crippen LogP contribution in [0.5, 0.6) is 5.75 Å². The van der Waals surface area contributed by atoms with Gasteiger partial charge in [-0.15, -0.1) is 0 Å². The van der Waals surface area contributed by atoms with Crippen LogP contribution in [0, 0.1) is 4.77 Å². The number of aromatic amines is 1. The number of amides is 1. The molecule has 2 aromatic carbocycles. The lowest BCUT2D eigenvalue weighted by Crippen LogP contribution is -2.12. The van der Waals surface area contributed by atoms with Crippen LogP contribution >= 0.6 is 28.1 Å². The van der Waals surface area contributed by atoms with Gasteiger partial charge in [0.25, 0.3) is 0 Å². The van der Waals surface area contributed by atoms with Crippen LogP contribution in [0.3, 0.4) is 0 Å². The minimum atomic E-state index is -0.0354. The maximum atomic E-state index is 12.3. The number of benzene rings is 2. The smallest absolute Gasteiger partial charge is 0.224 e. The maximum absolute atomic E-state index is 12.3. The molecule has 2 N–H and O–H groups in total. The minimum Gasteiger partial charge on any atom is -0.496 e. The van der Waals surface area contributed by atoms with E-state index in [4.69, 9.17) is 17.0 Å². The first-order chi connectivity index (χ1) is 12.6. The molecule has 0 bridgehead atoms. The molecule has 0 spiro atoms. The summed E-state index contributed by atoms with van der Waals surface area (Å²) < 4.78 is 8.56. The molecule has 0 radical (unpaired) electrons. The molecule has 0 saturated carbocycles. The first-order valence-corrected chi connectivity index (χ1v) is 9.25. The van der Waals surface area contributed by atoms with Crippen molar-refractivity contribution in [1.29, 1.82) is 0 Å². The molecule has 3 rings (SSSR count). The predicted octanol–water partition coefficient (Wildman–Crippen LogP) is 4.88. The van der Waals surface area contributed by atoms with Crippen molar-refractivity contribution in [2.75, 3.05) is 12.4 Å². The summed E-state index contributed by atoms with van der Waals surface area (Å²) >= 11 is 8.69. The van der Waals surface area contributed by atoms with Gasteiger partial charge in [-0.05, 0) is 70.5 Å². The Kier molecular flexibility index (Phi) is 5.90. The van der Waals surface area contributed by atoms with Crippen molar-refractivity contribution in [3.63, 3.8) is 0 Å². The molecular formula is C19H18BrN3O2S. The van der Waals surface area contributed by atoms with E-state index in [0.29, 0.717) is 17.6 Å². The Morgan fingerprint density at radius 2 is 2.15 bits per heavy atom. The van der Waals surface area contributed by atoms with Crippen molar-refractivity contribution in [3.05, 3.63) is 69.7 Å². The number of ether oxygens (including phenoxy) is 1. The number of carbonyl (C=O) groups is 1. The largest absolute Gasteiger partial charge is 0.496 e. The second-order valence-corrected chi connectivity index (χ2v) is 6.94. The Hall–Kier alpha value is -2.38. The van der Waals surface area contributed by atoms with Gasteiger partial charge in [0.15, 0.2) is 4.77 Å². The SMILES string of the molecule is COc1ccc(CCC(=O)Nc2cccc(-n3cc[nH]c3=S)c2)cc1Br. The third kappa shape index (κ3) is 4.42. The minimum absolute atomic E-state index is 0.0354. The predicted molar refractivity (Wildman–Crippen MR) is 109 cm³/mol. The van der Waals surface area contributed by atoms with Gasteiger partial charge in [-0.2, -0.15) is 0 Å². The lowest BCUT2D eigenvalue weighted by molar-refractivity contribution is -0.116. The van der Waals surface area contributed by atoms with Crippen molar-refractivity contribution in [2.24, 2.45) is 0 Å². The molecule has 0 saturated heterocycles. The molecule has 1 heterocycles. The Bertz CT molecular complexity index is 981. The standard InChI is InChI=1S/C19H18BrN3O2S/c1-25-17-7-5-13(11-16(17)20)6-8-18(24)22-14-3-2-4-15(12-14)23-10-9-21-19(23)26/h2-5,7,9-12H,6,8H2,1H3,(H,21,26)(H,22,24). The fourth-order valence-corrected chi connectivity index (χ4v) is 3.43. The number of hydrogen-bond acceptors (Lipinski definition) is 3. The number of rotatable bonds is 6. The number of methoxy groups -OCH3 is 1. The van der Waals surface area contributed by atoms with Gasteiger partial charge in [0.2, 0.25) is 5.91 Å². The molecule has 3 aromatic rings. The molecule has 26 heavy (non-hydrogen) atoms. The first kappa shape index (κ1) is 18.4. The molecule has 0 unspecified atom stereocenters. The second-order valence-electron chi connectivity index (χ2n) is 5.70. The number of nitrogens with zero attached hydrogens (tertiary/aromatic N) is 1. The van der Waals surface area contributed by atoms with Gasteiger partial charge in [-0.1, -0.05) is 12.1 Å². The summed E-state index contributed by atoms with van der Waals surface area (Å²) in [5, 5.41) is 2.94. The molecule has 0 fully saturated rings. The summed E-state index contributed by atoms with van der Waals surface area (Å²) in [6.45, 7) is 0. The van der Waals surface area contributed by atoms with Crippen LogP contribution < -0.4 is 10.1 Å². The number of halogens is 1. The van der Waals surface area contributed by atoms with Crippen LogP contribution in [0.4, 0.5) is 5.69 Å². The van der Waals surface area contributed by atoms with Gasteiger partial charge in [0.05, 0.1) is 11.6 Å². The Morgan fingerprint density at radius 1 is 1.31 bits per heavy atom. The van der Waals surface area contributed by atoms with Crippen LogP contribution in [0.2, 0.25) is 0 Å². The van der Waals surface area contributed by atoms with Crippen LogP contribution in [0.1, 0.15) is 12.0 Å². The number of aromatic nitrogens is 2. The monoisotopic (exact) mass is 431 g/mol. The molecule has 1 aromatic heterocycles. The average Bonchev–Trinajstić information content (AvgIpc) is 3.06. The molecule has 1 amide bonds. The normalized spacial score (nSPS) is 10.5.